The molecular weight excluding hydrogens is 673 g/mol. The Kier molecular flexibility index (Phi) is 6.03. The topological polar surface area (TPSA) is 9.86 Å². The van der Waals surface area contributed by atoms with Crippen molar-refractivity contribution in [3.63, 3.8) is 0 Å². The number of nitrogens with zero attached hydrogens (tertiary/aromatic N) is 2. The molecule has 0 saturated carbocycles. The SMILES string of the molecule is CC1(C)c2ccccc2-c2cc3c4cc(-c5ccc6c(c5)c5ccccc5n6-c5cccc6c5sc5ccccc56)ccc4n(-c4ccccc4)c3cc21. The van der Waals surface area contributed by atoms with Gasteiger partial charge < -0.3 is 9.13 Å². The molecule has 0 bridgehead atoms. The van der Waals surface area contributed by atoms with Crippen LogP contribution in [-0.4, -0.2) is 9.13 Å². The molecule has 1 aliphatic carbocycles. The molecule has 54 heavy (non-hydrogen) atoms. The Labute approximate surface area is 316 Å². The van der Waals surface area contributed by atoms with Crippen LogP contribution < -0.4 is 0 Å². The van der Waals surface area contributed by atoms with E-state index in [1.807, 2.05) is 11.3 Å². The van der Waals surface area contributed by atoms with Crippen LogP contribution in [0, 0.1) is 0 Å². The van der Waals surface area contributed by atoms with Gasteiger partial charge >= 0.3 is 0 Å². The van der Waals surface area contributed by atoms with E-state index in [4.69, 9.17) is 0 Å². The lowest BCUT2D eigenvalue weighted by molar-refractivity contribution is 0.661. The minimum atomic E-state index is -0.0691. The Bertz CT molecular complexity index is 3350. The second kappa shape index (κ2) is 10.8. The second-order valence-corrected chi connectivity index (χ2v) is 16.4. The van der Waals surface area contributed by atoms with Crippen LogP contribution in [0.4, 0.5) is 0 Å². The van der Waals surface area contributed by atoms with Crippen molar-refractivity contribution in [1.29, 1.82) is 0 Å². The third-order valence-corrected chi connectivity index (χ3v) is 13.3. The fourth-order valence-corrected chi connectivity index (χ4v) is 10.8. The van der Waals surface area contributed by atoms with Crippen molar-refractivity contribution < 1.29 is 0 Å². The fraction of sp³-hybridized carbons (Fsp3) is 0.0588. The summed E-state index contributed by atoms with van der Waals surface area (Å²) < 4.78 is 7.58. The minimum Gasteiger partial charge on any atom is -0.309 e. The van der Waals surface area contributed by atoms with Gasteiger partial charge in [0.1, 0.15) is 0 Å². The quantitative estimate of drug-likeness (QED) is 0.173. The summed E-state index contributed by atoms with van der Waals surface area (Å²) in [6.07, 6.45) is 0. The molecule has 0 spiro atoms. The van der Waals surface area contributed by atoms with Gasteiger partial charge in [-0.05, 0) is 100 Å². The summed E-state index contributed by atoms with van der Waals surface area (Å²) in [4.78, 5) is 0. The zero-order valence-electron chi connectivity index (χ0n) is 30.0. The Balaban J connectivity index is 1.09. The summed E-state index contributed by atoms with van der Waals surface area (Å²) in [7, 11) is 0. The first kappa shape index (κ1) is 30.1. The Morgan fingerprint density at radius 1 is 0.407 bits per heavy atom. The van der Waals surface area contributed by atoms with Crippen LogP contribution in [0.1, 0.15) is 25.0 Å². The van der Waals surface area contributed by atoms with E-state index in [2.05, 4.69) is 193 Å². The van der Waals surface area contributed by atoms with Crippen molar-refractivity contribution in [1.82, 2.24) is 9.13 Å². The van der Waals surface area contributed by atoms with Crippen LogP contribution in [0.25, 0.3) is 97.4 Å². The van der Waals surface area contributed by atoms with Crippen molar-refractivity contribution in [2.45, 2.75) is 19.3 Å². The van der Waals surface area contributed by atoms with Gasteiger partial charge in [0, 0.05) is 48.1 Å². The summed E-state index contributed by atoms with van der Waals surface area (Å²) in [6.45, 7) is 4.74. The van der Waals surface area contributed by atoms with Gasteiger partial charge in [0.05, 0.1) is 32.5 Å². The lowest BCUT2D eigenvalue weighted by Gasteiger charge is -2.21. The van der Waals surface area contributed by atoms with Gasteiger partial charge in [-0.2, -0.15) is 0 Å². The summed E-state index contributed by atoms with van der Waals surface area (Å²) >= 11 is 1.89. The molecule has 0 fully saturated rings. The van der Waals surface area contributed by atoms with Gasteiger partial charge in [-0.3, -0.25) is 0 Å². The number of para-hydroxylation sites is 2. The van der Waals surface area contributed by atoms with Gasteiger partial charge in [-0.25, -0.2) is 0 Å². The smallest absolute Gasteiger partial charge is 0.0640 e. The molecule has 0 N–H and O–H groups in total. The molecule has 0 unspecified atom stereocenters. The largest absolute Gasteiger partial charge is 0.309 e. The highest BCUT2D eigenvalue weighted by Crippen LogP contribution is 2.51. The zero-order chi connectivity index (χ0) is 35.7. The summed E-state index contributed by atoms with van der Waals surface area (Å²) in [6, 6.07) is 63.3. The molecule has 0 radical (unpaired) electrons. The number of benzene rings is 8. The number of hydrogen-bond acceptors (Lipinski definition) is 1. The molecule has 254 valence electrons. The predicted molar refractivity (Wildman–Crippen MR) is 231 cm³/mol. The molecule has 0 aliphatic heterocycles. The van der Waals surface area contributed by atoms with Crippen LogP contribution in [-0.2, 0) is 5.41 Å². The van der Waals surface area contributed by atoms with E-state index in [1.54, 1.807) is 0 Å². The maximum Gasteiger partial charge on any atom is 0.0640 e. The van der Waals surface area contributed by atoms with Crippen molar-refractivity contribution in [2.75, 3.05) is 0 Å². The van der Waals surface area contributed by atoms with E-state index in [0.717, 1.165) is 0 Å². The molecule has 3 heterocycles. The maximum absolute atomic E-state index is 2.47. The Morgan fingerprint density at radius 3 is 1.87 bits per heavy atom. The fourth-order valence-electron chi connectivity index (χ4n) is 9.57. The van der Waals surface area contributed by atoms with Crippen LogP contribution in [0.3, 0.4) is 0 Å². The van der Waals surface area contributed by atoms with E-state index >= 15 is 0 Å². The molecule has 12 rings (SSSR count). The zero-order valence-corrected chi connectivity index (χ0v) is 30.8. The summed E-state index contributed by atoms with van der Waals surface area (Å²) in [5.41, 5.74) is 15.2. The Morgan fingerprint density at radius 2 is 1.04 bits per heavy atom. The maximum atomic E-state index is 2.47. The van der Waals surface area contributed by atoms with Gasteiger partial charge in [0.25, 0.3) is 0 Å². The van der Waals surface area contributed by atoms with E-state index < -0.39 is 0 Å². The van der Waals surface area contributed by atoms with Crippen LogP contribution in [0.2, 0.25) is 0 Å². The molecule has 0 saturated heterocycles. The number of thiophene rings is 1. The second-order valence-electron chi connectivity index (χ2n) is 15.3. The third kappa shape index (κ3) is 4.00. The highest BCUT2D eigenvalue weighted by molar-refractivity contribution is 7.26. The third-order valence-electron chi connectivity index (χ3n) is 12.1. The molecule has 0 atom stereocenters. The number of aromatic nitrogens is 2. The number of hydrogen-bond donors (Lipinski definition) is 0. The van der Waals surface area contributed by atoms with Crippen LogP contribution >= 0.6 is 11.3 Å². The average Bonchev–Trinajstić information content (AvgIpc) is 3.92. The van der Waals surface area contributed by atoms with Gasteiger partial charge in [-0.1, -0.05) is 117 Å². The first-order chi connectivity index (χ1) is 26.5. The standard InChI is InChI=1S/C51H34N2S/c1-51(2)42-19-9-6-15-34(42)38-29-41-40-28-32(23-25-45(40)52(48(41)30-43(38)51)33-13-4-3-5-14-33)31-24-26-46-39(27-31)35-16-7-10-20-44(35)53(46)47-21-12-18-37-36-17-8-11-22-49(36)54-50(37)47/h3-30H,1-2H3. The highest BCUT2D eigenvalue weighted by atomic mass is 32.1. The van der Waals surface area contributed by atoms with Crippen LogP contribution in [0.5, 0.6) is 0 Å². The van der Waals surface area contributed by atoms with E-state index in [1.165, 1.54) is 109 Å². The van der Waals surface area contributed by atoms with Gasteiger partial charge in [0.2, 0.25) is 0 Å². The molecule has 3 aromatic heterocycles. The highest BCUT2D eigenvalue weighted by Gasteiger charge is 2.36. The van der Waals surface area contributed by atoms with E-state index in [9.17, 15) is 0 Å². The number of fused-ring (bicyclic) bond motifs is 12. The van der Waals surface area contributed by atoms with Crippen LogP contribution in [0.15, 0.2) is 170 Å². The van der Waals surface area contributed by atoms with E-state index in [0.29, 0.717) is 0 Å². The molecular formula is C51H34N2S. The average molecular weight is 707 g/mol. The van der Waals surface area contributed by atoms with Crippen molar-refractivity contribution >= 4 is 75.1 Å². The summed E-state index contributed by atoms with van der Waals surface area (Å²) in [5, 5.41) is 7.74. The monoisotopic (exact) mass is 706 g/mol. The molecule has 3 heteroatoms. The molecule has 1 aliphatic rings. The molecule has 2 nitrogen and oxygen atoms in total. The van der Waals surface area contributed by atoms with Gasteiger partial charge in [0.15, 0.2) is 0 Å². The Hall–Kier alpha value is -6.42. The summed E-state index contributed by atoms with van der Waals surface area (Å²) in [5.74, 6) is 0. The molecule has 8 aromatic carbocycles. The van der Waals surface area contributed by atoms with Crippen molar-refractivity contribution in [3.8, 4) is 33.6 Å². The normalized spacial score (nSPS) is 13.5. The molecule has 0 amide bonds. The first-order valence-corrected chi connectivity index (χ1v) is 19.6. The molecule has 11 aromatic rings. The number of rotatable bonds is 3. The lowest BCUT2D eigenvalue weighted by atomic mass is 9.82. The first-order valence-electron chi connectivity index (χ1n) is 18.8. The minimum absolute atomic E-state index is 0.0691. The van der Waals surface area contributed by atoms with Crippen molar-refractivity contribution in [2.24, 2.45) is 0 Å². The van der Waals surface area contributed by atoms with Crippen molar-refractivity contribution in [3.05, 3.63) is 181 Å². The van der Waals surface area contributed by atoms with Gasteiger partial charge in [-0.15, -0.1) is 11.3 Å². The lowest BCUT2D eigenvalue weighted by Crippen LogP contribution is -2.14. The predicted octanol–water partition coefficient (Wildman–Crippen LogP) is 14.2. The van der Waals surface area contributed by atoms with E-state index in [-0.39, 0.29) is 5.41 Å².